The van der Waals surface area contributed by atoms with Crippen molar-refractivity contribution < 1.29 is 0 Å². The summed E-state index contributed by atoms with van der Waals surface area (Å²) in [5.41, 5.74) is 0.898. The molecule has 0 radical (unpaired) electrons. The number of aryl methyl sites for hydroxylation is 1. The van der Waals surface area contributed by atoms with Gasteiger partial charge in [-0.05, 0) is 25.1 Å². The van der Waals surface area contributed by atoms with Gasteiger partial charge in [-0.2, -0.15) is 0 Å². The lowest BCUT2D eigenvalue weighted by atomic mass is 10.4. The molecular formula is C10H9ClN4. The molecule has 0 saturated carbocycles. The van der Waals surface area contributed by atoms with Gasteiger partial charge in [0.25, 0.3) is 0 Å². The first kappa shape index (κ1) is 9.86. The summed E-state index contributed by atoms with van der Waals surface area (Å²) in [6.07, 6.45) is 3.32. The first-order valence-electron chi connectivity index (χ1n) is 4.42. The van der Waals surface area contributed by atoms with E-state index in [1.165, 1.54) is 0 Å². The van der Waals surface area contributed by atoms with Gasteiger partial charge in [-0.25, -0.2) is 15.0 Å². The Morgan fingerprint density at radius 3 is 2.73 bits per heavy atom. The minimum absolute atomic E-state index is 0.518. The highest BCUT2D eigenvalue weighted by Crippen LogP contribution is 2.14. The molecule has 1 N–H and O–H groups in total. The zero-order chi connectivity index (χ0) is 10.7. The van der Waals surface area contributed by atoms with Gasteiger partial charge in [-0.3, -0.25) is 0 Å². The summed E-state index contributed by atoms with van der Waals surface area (Å²) in [6.45, 7) is 1.90. The molecule has 2 aromatic rings. The molecule has 0 fully saturated rings. The number of anilines is 2. The zero-order valence-corrected chi connectivity index (χ0v) is 8.86. The first-order valence-corrected chi connectivity index (χ1v) is 4.80. The molecule has 2 rings (SSSR count). The molecule has 0 aliphatic carbocycles. The van der Waals surface area contributed by atoms with Crippen LogP contribution in [-0.2, 0) is 0 Å². The number of halogens is 1. The van der Waals surface area contributed by atoms with E-state index >= 15 is 0 Å². The molecule has 2 heterocycles. The van der Waals surface area contributed by atoms with Crippen LogP contribution in [0.1, 0.15) is 5.69 Å². The Balaban J connectivity index is 2.22. The highest BCUT2D eigenvalue weighted by atomic mass is 35.5. The van der Waals surface area contributed by atoms with E-state index in [9.17, 15) is 0 Å². The third-order valence-electron chi connectivity index (χ3n) is 1.76. The molecular weight excluding hydrogens is 212 g/mol. The minimum Gasteiger partial charge on any atom is -0.309 e. The third-order valence-corrected chi connectivity index (χ3v) is 1.99. The second kappa shape index (κ2) is 4.23. The topological polar surface area (TPSA) is 50.7 Å². The van der Waals surface area contributed by atoms with Gasteiger partial charge in [0.2, 0.25) is 5.95 Å². The normalized spacial score (nSPS) is 10.0. The van der Waals surface area contributed by atoms with Gasteiger partial charge >= 0.3 is 0 Å². The van der Waals surface area contributed by atoms with E-state index in [-0.39, 0.29) is 0 Å². The predicted molar refractivity (Wildman–Crippen MR) is 59.3 cm³/mol. The average molecular weight is 221 g/mol. The van der Waals surface area contributed by atoms with Gasteiger partial charge in [0.05, 0.1) is 0 Å². The van der Waals surface area contributed by atoms with Crippen molar-refractivity contribution in [2.45, 2.75) is 6.92 Å². The Bertz CT molecular complexity index is 429. The Kier molecular flexibility index (Phi) is 2.78. The SMILES string of the molecule is Cc1ccnc(Nc2cc(Cl)ccn2)n1. The molecule has 0 atom stereocenters. The van der Waals surface area contributed by atoms with Crippen LogP contribution in [0.3, 0.4) is 0 Å². The Morgan fingerprint density at radius 1 is 1.20 bits per heavy atom. The lowest BCUT2D eigenvalue weighted by Crippen LogP contribution is -1.98. The largest absolute Gasteiger partial charge is 0.309 e. The molecule has 0 aromatic carbocycles. The van der Waals surface area contributed by atoms with Crippen LogP contribution >= 0.6 is 11.6 Å². The predicted octanol–water partition coefficient (Wildman–Crippen LogP) is 2.58. The Morgan fingerprint density at radius 2 is 2.00 bits per heavy atom. The maximum Gasteiger partial charge on any atom is 0.228 e. The number of hydrogen-bond donors (Lipinski definition) is 1. The molecule has 4 nitrogen and oxygen atoms in total. The van der Waals surface area contributed by atoms with Crippen LogP contribution in [0.25, 0.3) is 0 Å². The summed E-state index contributed by atoms with van der Waals surface area (Å²) in [5, 5.41) is 3.59. The van der Waals surface area contributed by atoms with Crippen molar-refractivity contribution in [1.29, 1.82) is 0 Å². The molecule has 2 aromatic heterocycles. The minimum atomic E-state index is 0.518. The van der Waals surface area contributed by atoms with E-state index in [4.69, 9.17) is 11.6 Å². The van der Waals surface area contributed by atoms with Crippen molar-refractivity contribution in [2.24, 2.45) is 0 Å². The molecule has 0 bridgehead atoms. The van der Waals surface area contributed by atoms with E-state index < -0.39 is 0 Å². The first-order chi connectivity index (χ1) is 7.24. The molecule has 0 aliphatic rings. The maximum absolute atomic E-state index is 5.82. The Hall–Kier alpha value is -1.68. The molecule has 5 heteroatoms. The number of rotatable bonds is 2. The summed E-state index contributed by atoms with van der Waals surface area (Å²) < 4.78 is 0. The molecule has 0 spiro atoms. The van der Waals surface area contributed by atoms with Crippen LogP contribution in [0.5, 0.6) is 0 Å². The molecule has 15 heavy (non-hydrogen) atoms. The quantitative estimate of drug-likeness (QED) is 0.845. The molecule has 0 aliphatic heterocycles. The summed E-state index contributed by atoms with van der Waals surface area (Å²) in [5.74, 6) is 1.15. The monoisotopic (exact) mass is 220 g/mol. The molecule has 76 valence electrons. The second-order valence-electron chi connectivity index (χ2n) is 3.01. The Labute approximate surface area is 92.4 Å². The number of nitrogens with zero attached hydrogens (tertiary/aromatic N) is 3. The summed E-state index contributed by atoms with van der Waals surface area (Å²) in [6, 6.07) is 5.26. The fourth-order valence-corrected chi connectivity index (χ4v) is 1.26. The van der Waals surface area contributed by atoms with Gasteiger partial charge in [-0.15, -0.1) is 0 Å². The zero-order valence-electron chi connectivity index (χ0n) is 8.11. The molecule has 0 amide bonds. The van der Waals surface area contributed by atoms with E-state index in [0.717, 1.165) is 5.69 Å². The lowest BCUT2D eigenvalue weighted by molar-refractivity contribution is 1.10. The van der Waals surface area contributed by atoms with Crippen molar-refractivity contribution >= 4 is 23.4 Å². The van der Waals surface area contributed by atoms with E-state index in [1.54, 1.807) is 24.5 Å². The number of pyridine rings is 1. The van der Waals surface area contributed by atoms with Crippen molar-refractivity contribution in [3.8, 4) is 0 Å². The standard InChI is InChI=1S/C10H9ClN4/c1-7-2-4-13-10(14-7)15-9-6-8(11)3-5-12-9/h2-6H,1H3,(H,12,13,14,15). The summed E-state index contributed by atoms with van der Waals surface area (Å²) >= 11 is 5.82. The van der Waals surface area contributed by atoms with Gasteiger partial charge in [0.1, 0.15) is 5.82 Å². The van der Waals surface area contributed by atoms with Crippen LogP contribution in [0, 0.1) is 6.92 Å². The van der Waals surface area contributed by atoms with Crippen LogP contribution in [0.4, 0.5) is 11.8 Å². The van der Waals surface area contributed by atoms with Crippen molar-refractivity contribution in [2.75, 3.05) is 5.32 Å². The van der Waals surface area contributed by atoms with E-state index in [1.807, 2.05) is 13.0 Å². The lowest BCUT2D eigenvalue weighted by Gasteiger charge is -2.03. The number of hydrogen-bond acceptors (Lipinski definition) is 4. The van der Waals surface area contributed by atoms with E-state index in [0.29, 0.717) is 16.8 Å². The van der Waals surface area contributed by atoms with Crippen molar-refractivity contribution in [3.05, 3.63) is 41.3 Å². The van der Waals surface area contributed by atoms with Gasteiger partial charge in [0, 0.05) is 23.1 Å². The van der Waals surface area contributed by atoms with E-state index in [2.05, 4.69) is 20.3 Å². The maximum atomic E-state index is 5.82. The van der Waals surface area contributed by atoms with Crippen molar-refractivity contribution in [1.82, 2.24) is 15.0 Å². The van der Waals surface area contributed by atoms with Gasteiger partial charge in [0.15, 0.2) is 0 Å². The fourth-order valence-electron chi connectivity index (χ4n) is 1.10. The number of nitrogens with one attached hydrogen (secondary N) is 1. The third kappa shape index (κ3) is 2.63. The fraction of sp³-hybridized carbons (Fsp3) is 0.100. The second-order valence-corrected chi connectivity index (χ2v) is 3.44. The van der Waals surface area contributed by atoms with Crippen molar-refractivity contribution in [3.63, 3.8) is 0 Å². The van der Waals surface area contributed by atoms with Crippen LogP contribution < -0.4 is 5.32 Å². The summed E-state index contributed by atoms with van der Waals surface area (Å²) in [4.78, 5) is 12.3. The number of aromatic nitrogens is 3. The molecule has 0 saturated heterocycles. The van der Waals surface area contributed by atoms with Gasteiger partial charge in [-0.1, -0.05) is 11.6 Å². The highest BCUT2D eigenvalue weighted by molar-refractivity contribution is 6.30. The van der Waals surface area contributed by atoms with Crippen LogP contribution in [-0.4, -0.2) is 15.0 Å². The van der Waals surface area contributed by atoms with Crippen LogP contribution in [0.2, 0.25) is 5.02 Å². The smallest absolute Gasteiger partial charge is 0.228 e. The van der Waals surface area contributed by atoms with Gasteiger partial charge < -0.3 is 5.32 Å². The van der Waals surface area contributed by atoms with Crippen LogP contribution in [0.15, 0.2) is 30.6 Å². The highest BCUT2D eigenvalue weighted by Gasteiger charge is 1.99. The summed E-state index contributed by atoms with van der Waals surface area (Å²) in [7, 11) is 0. The average Bonchev–Trinajstić information content (AvgIpc) is 2.17. The molecule has 0 unspecified atom stereocenters.